The topological polar surface area (TPSA) is 76.1 Å². The molecule has 7 heteroatoms. The third-order valence-electron chi connectivity index (χ3n) is 4.63. The van der Waals surface area contributed by atoms with Crippen molar-refractivity contribution in [3.8, 4) is 17.0 Å². The first-order valence-electron chi connectivity index (χ1n) is 10.1. The van der Waals surface area contributed by atoms with E-state index in [4.69, 9.17) is 4.74 Å². The molecule has 1 heterocycles. The Morgan fingerprint density at radius 2 is 1.72 bits per heavy atom. The van der Waals surface area contributed by atoms with Crippen LogP contribution in [-0.2, 0) is 0 Å². The summed E-state index contributed by atoms with van der Waals surface area (Å²) in [6, 6.07) is 22.2. The molecule has 4 aromatic rings. The molecule has 32 heavy (non-hydrogen) atoms. The first kappa shape index (κ1) is 21.0. The first-order valence-corrected chi connectivity index (χ1v) is 10.1. The zero-order chi connectivity index (χ0) is 22.3. The van der Waals surface area contributed by atoms with Gasteiger partial charge in [-0.15, -0.1) is 0 Å². The van der Waals surface area contributed by atoms with Crippen LogP contribution < -0.4 is 15.4 Å². The van der Waals surface area contributed by atoms with Crippen molar-refractivity contribution >= 4 is 23.1 Å². The van der Waals surface area contributed by atoms with Crippen molar-refractivity contribution in [2.45, 2.75) is 6.92 Å². The number of nitrogens with zero attached hydrogens (tertiary/aromatic N) is 2. The monoisotopic (exact) mass is 428 g/mol. The lowest BCUT2D eigenvalue weighted by Gasteiger charge is -2.10. The van der Waals surface area contributed by atoms with E-state index in [1.54, 1.807) is 48.5 Å². The van der Waals surface area contributed by atoms with Crippen molar-refractivity contribution in [1.82, 2.24) is 9.97 Å². The molecular formula is C25H21FN4O2. The molecule has 0 spiro atoms. The number of halogens is 1. The van der Waals surface area contributed by atoms with Gasteiger partial charge in [-0.3, -0.25) is 4.79 Å². The van der Waals surface area contributed by atoms with Gasteiger partial charge in [-0.25, -0.2) is 14.4 Å². The molecule has 0 aliphatic rings. The van der Waals surface area contributed by atoms with Crippen LogP contribution in [0.2, 0.25) is 0 Å². The van der Waals surface area contributed by atoms with Gasteiger partial charge >= 0.3 is 0 Å². The van der Waals surface area contributed by atoms with Crippen LogP contribution in [-0.4, -0.2) is 22.5 Å². The molecule has 0 radical (unpaired) electrons. The standard InChI is InChI=1S/C25H21FN4O2/c1-2-32-22-12-10-20(11-13-22)30-25(31)18-4-3-5-21(14-18)29-24-15-23(27-16-28-24)17-6-8-19(26)9-7-17/h3-16H,2H2,1H3,(H,30,31)(H,27,28,29). The molecule has 0 aliphatic heterocycles. The number of benzene rings is 3. The highest BCUT2D eigenvalue weighted by Crippen LogP contribution is 2.22. The van der Waals surface area contributed by atoms with Crippen LogP contribution in [0.25, 0.3) is 11.3 Å². The number of aromatic nitrogens is 2. The smallest absolute Gasteiger partial charge is 0.255 e. The normalized spacial score (nSPS) is 10.4. The quantitative estimate of drug-likeness (QED) is 0.396. The van der Waals surface area contributed by atoms with Gasteiger partial charge in [0.25, 0.3) is 5.91 Å². The highest BCUT2D eigenvalue weighted by molar-refractivity contribution is 6.04. The van der Waals surface area contributed by atoms with Crippen LogP contribution in [0.1, 0.15) is 17.3 Å². The van der Waals surface area contributed by atoms with Gasteiger partial charge in [-0.1, -0.05) is 6.07 Å². The summed E-state index contributed by atoms with van der Waals surface area (Å²) in [5.74, 6) is 0.777. The van der Waals surface area contributed by atoms with E-state index < -0.39 is 0 Å². The van der Waals surface area contributed by atoms with Gasteiger partial charge in [0.1, 0.15) is 23.7 Å². The highest BCUT2D eigenvalue weighted by Gasteiger charge is 2.08. The van der Waals surface area contributed by atoms with Gasteiger partial charge in [0.05, 0.1) is 12.3 Å². The lowest BCUT2D eigenvalue weighted by Crippen LogP contribution is -2.12. The summed E-state index contributed by atoms with van der Waals surface area (Å²) in [6.45, 7) is 2.50. The lowest BCUT2D eigenvalue weighted by molar-refractivity contribution is 0.102. The largest absolute Gasteiger partial charge is 0.494 e. The number of nitrogens with one attached hydrogen (secondary N) is 2. The molecule has 2 N–H and O–H groups in total. The fraction of sp³-hybridized carbons (Fsp3) is 0.0800. The van der Waals surface area contributed by atoms with E-state index in [2.05, 4.69) is 20.6 Å². The highest BCUT2D eigenvalue weighted by atomic mass is 19.1. The van der Waals surface area contributed by atoms with E-state index in [1.807, 2.05) is 25.1 Å². The maximum absolute atomic E-state index is 13.2. The fourth-order valence-electron chi connectivity index (χ4n) is 3.09. The molecule has 0 saturated carbocycles. The van der Waals surface area contributed by atoms with Gasteiger partial charge in [0.15, 0.2) is 0 Å². The Kier molecular flexibility index (Phi) is 6.36. The van der Waals surface area contributed by atoms with Crippen LogP contribution >= 0.6 is 0 Å². The van der Waals surface area contributed by atoms with E-state index >= 15 is 0 Å². The molecule has 1 amide bonds. The molecule has 4 rings (SSSR count). The minimum Gasteiger partial charge on any atom is -0.494 e. The molecule has 160 valence electrons. The number of amides is 1. The molecule has 0 unspecified atom stereocenters. The van der Waals surface area contributed by atoms with Crippen LogP contribution in [0.4, 0.5) is 21.6 Å². The van der Waals surface area contributed by atoms with Gasteiger partial charge < -0.3 is 15.4 Å². The van der Waals surface area contributed by atoms with Crippen molar-refractivity contribution in [1.29, 1.82) is 0 Å². The molecule has 1 aromatic heterocycles. The second kappa shape index (κ2) is 9.70. The van der Waals surface area contributed by atoms with Crippen molar-refractivity contribution in [3.05, 3.63) is 96.6 Å². The Labute approximate surface area is 185 Å². The number of rotatable bonds is 7. The summed E-state index contributed by atoms with van der Waals surface area (Å²) in [6.07, 6.45) is 1.43. The van der Waals surface area contributed by atoms with Crippen molar-refractivity contribution in [3.63, 3.8) is 0 Å². The Morgan fingerprint density at radius 1 is 0.938 bits per heavy atom. The summed E-state index contributed by atoms with van der Waals surface area (Å²) in [4.78, 5) is 21.1. The molecule has 0 atom stereocenters. The zero-order valence-electron chi connectivity index (χ0n) is 17.4. The molecule has 0 fully saturated rings. The summed E-state index contributed by atoms with van der Waals surface area (Å²) in [5, 5.41) is 6.06. The third-order valence-corrected chi connectivity index (χ3v) is 4.63. The zero-order valence-corrected chi connectivity index (χ0v) is 17.4. The van der Waals surface area contributed by atoms with Gasteiger partial charge in [-0.2, -0.15) is 0 Å². The van der Waals surface area contributed by atoms with Crippen LogP contribution in [0.15, 0.2) is 85.2 Å². The van der Waals surface area contributed by atoms with Gasteiger partial charge in [0, 0.05) is 28.6 Å². The summed E-state index contributed by atoms with van der Waals surface area (Å²) < 4.78 is 18.6. The summed E-state index contributed by atoms with van der Waals surface area (Å²) in [5.41, 5.74) is 3.31. The number of anilines is 3. The number of ether oxygens (including phenoxy) is 1. The molecular weight excluding hydrogens is 407 g/mol. The van der Waals surface area contributed by atoms with Crippen molar-refractivity contribution < 1.29 is 13.9 Å². The summed E-state index contributed by atoms with van der Waals surface area (Å²) in [7, 11) is 0. The average Bonchev–Trinajstić information content (AvgIpc) is 2.81. The number of carbonyl (C=O) groups excluding carboxylic acids is 1. The van der Waals surface area contributed by atoms with Gasteiger partial charge in [-0.05, 0) is 73.7 Å². The van der Waals surface area contributed by atoms with E-state index in [0.717, 1.165) is 11.3 Å². The van der Waals surface area contributed by atoms with E-state index in [9.17, 15) is 9.18 Å². The molecule has 3 aromatic carbocycles. The SMILES string of the molecule is CCOc1ccc(NC(=O)c2cccc(Nc3cc(-c4ccc(F)cc4)ncn3)c2)cc1. The lowest BCUT2D eigenvalue weighted by atomic mass is 10.1. The maximum atomic E-state index is 13.2. The van der Waals surface area contributed by atoms with E-state index in [1.165, 1.54) is 18.5 Å². The number of hydrogen-bond acceptors (Lipinski definition) is 5. The third kappa shape index (κ3) is 5.26. The van der Waals surface area contributed by atoms with E-state index in [0.29, 0.717) is 35.1 Å². The minimum absolute atomic E-state index is 0.229. The fourth-order valence-corrected chi connectivity index (χ4v) is 3.09. The second-order valence-electron chi connectivity index (χ2n) is 6.91. The predicted molar refractivity (Wildman–Crippen MR) is 123 cm³/mol. The minimum atomic E-state index is -0.304. The first-order chi connectivity index (χ1) is 15.6. The number of carbonyl (C=O) groups is 1. The van der Waals surface area contributed by atoms with E-state index in [-0.39, 0.29) is 11.7 Å². The summed E-state index contributed by atoms with van der Waals surface area (Å²) >= 11 is 0. The second-order valence-corrected chi connectivity index (χ2v) is 6.91. The van der Waals surface area contributed by atoms with Crippen molar-refractivity contribution in [2.75, 3.05) is 17.2 Å². The number of hydrogen-bond donors (Lipinski definition) is 2. The molecule has 0 saturated heterocycles. The Hall–Kier alpha value is -4.26. The Bertz CT molecular complexity index is 1210. The van der Waals surface area contributed by atoms with Crippen LogP contribution in [0, 0.1) is 5.82 Å². The van der Waals surface area contributed by atoms with Crippen LogP contribution in [0.5, 0.6) is 5.75 Å². The maximum Gasteiger partial charge on any atom is 0.255 e. The Balaban J connectivity index is 1.46. The predicted octanol–water partition coefficient (Wildman–Crippen LogP) is 5.68. The van der Waals surface area contributed by atoms with Crippen molar-refractivity contribution in [2.24, 2.45) is 0 Å². The van der Waals surface area contributed by atoms with Crippen LogP contribution in [0.3, 0.4) is 0 Å². The molecule has 6 nitrogen and oxygen atoms in total. The average molecular weight is 428 g/mol. The van der Waals surface area contributed by atoms with Gasteiger partial charge in [0.2, 0.25) is 0 Å². The molecule has 0 aliphatic carbocycles. The Morgan fingerprint density at radius 3 is 2.47 bits per heavy atom. The molecule has 0 bridgehead atoms.